The van der Waals surface area contributed by atoms with E-state index in [0.717, 1.165) is 23.4 Å². The van der Waals surface area contributed by atoms with Crippen molar-refractivity contribution in [2.75, 3.05) is 0 Å². The molecule has 8 nitrogen and oxygen atoms in total. The van der Waals surface area contributed by atoms with Crippen LogP contribution in [0.2, 0.25) is 0 Å². The monoisotopic (exact) mass is 387 g/mol. The van der Waals surface area contributed by atoms with Gasteiger partial charge in [-0.25, -0.2) is 27.8 Å². The topological polar surface area (TPSA) is 94.4 Å². The third-order valence-electron chi connectivity index (χ3n) is 3.81. The molecule has 28 heavy (non-hydrogen) atoms. The highest BCUT2D eigenvalue weighted by Crippen LogP contribution is 2.24. The molecule has 0 amide bonds. The van der Waals surface area contributed by atoms with E-state index in [1.54, 1.807) is 24.7 Å². The van der Waals surface area contributed by atoms with Crippen molar-refractivity contribution in [1.82, 2.24) is 35.2 Å². The molecule has 0 bridgehead atoms. The highest BCUT2D eigenvalue weighted by molar-refractivity contribution is 5.55. The molecule has 0 aliphatic heterocycles. The van der Waals surface area contributed by atoms with E-state index in [2.05, 4.69) is 30.5 Å². The van der Waals surface area contributed by atoms with Crippen LogP contribution in [0.25, 0.3) is 16.9 Å². The molecule has 0 saturated heterocycles. The SMILES string of the molecule is Fc1ccc(-n2cc(COc3ncc(-c4ccn[nH]4)cn3)nn2)cc1C(F)F. The van der Waals surface area contributed by atoms with Crippen molar-refractivity contribution in [2.24, 2.45) is 0 Å². The van der Waals surface area contributed by atoms with Crippen molar-refractivity contribution in [3.8, 4) is 23.0 Å². The number of benzene rings is 1. The Bertz CT molecular complexity index is 1060. The van der Waals surface area contributed by atoms with Gasteiger partial charge in [-0.3, -0.25) is 5.10 Å². The number of rotatable bonds is 6. The van der Waals surface area contributed by atoms with Crippen LogP contribution in [0.4, 0.5) is 13.2 Å². The quantitative estimate of drug-likeness (QED) is 0.546. The van der Waals surface area contributed by atoms with Crippen LogP contribution >= 0.6 is 0 Å². The van der Waals surface area contributed by atoms with Gasteiger partial charge in [0.05, 0.1) is 23.1 Å². The third-order valence-corrected chi connectivity index (χ3v) is 3.81. The molecule has 1 N–H and O–H groups in total. The molecule has 3 aromatic heterocycles. The minimum Gasteiger partial charge on any atom is -0.457 e. The van der Waals surface area contributed by atoms with Gasteiger partial charge in [-0.2, -0.15) is 5.10 Å². The van der Waals surface area contributed by atoms with Gasteiger partial charge in [0.2, 0.25) is 0 Å². The van der Waals surface area contributed by atoms with E-state index in [1.807, 2.05) is 0 Å². The highest BCUT2D eigenvalue weighted by atomic mass is 19.3. The average Bonchev–Trinajstić information content (AvgIpc) is 3.39. The number of nitrogens with one attached hydrogen (secondary N) is 1. The maximum atomic E-state index is 13.4. The zero-order valence-electron chi connectivity index (χ0n) is 14.1. The van der Waals surface area contributed by atoms with Gasteiger partial charge in [0.25, 0.3) is 6.43 Å². The minimum absolute atomic E-state index is 0.0201. The fraction of sp³-hybridized carbons (Fsp3) is 0.118. The summed E-state index contributed by atoms with van der Waals surface area (Å²) >= 11 is 0. The van der Waals surface area contributed by atoms with Crippen LogP contribution in [0.3, 0.4) is 0 Å². The number of aromatic amines is 1. The lowest BCUT2D eigenvalue weighted by Crippen LogP contribution is -2.00. The maximum absolute atomic E-state index is 13.4. The number of hydrogen-bond donors (Lipinski definition) is 1. The van der Waals surface area contributed by atoms with Gasteiger partial charge >= 0.3 is 6.01 Å². The molecule has 0 spiro atoms. The summed E-state index contributed by atoms with van der Waals surface area (Å²) < 4.78 is 45.8. The standard InChI is InChI=1S/C17H12F3N7O/c18-14-2-1-12(5-13(14)16(19)20)27-8-11(24-26-27)9-28-17-21-6-10(7-22-17)15-3-4-23-25-15/h1-8,16H,9H2,(H,23,25). The second-order valence-electron chi connectivity index (χ2n) is 5.67. The van der Waals surface area contributed by atoms with Crippen LogP contribution in [0.5, 0.6) is 6.01 Å². The highest BCUT2D eigenvalue weighted by Gasteiger charge is 2.15. The van der Waals surface area contributed by atoms with Crippen LogP contribution < -0.4 is 4.74 Å². The smallest absolute Gasteiger partial charge is 0.316 e. The number of halogens is 3. The van der Waals surface area contributed by atoms with Gasteiger partial charge in [0.15, 0.2) is 0 Å². The number of nitrogens with zero attached hydrogens (tertiary/aromatic N) is 6. The molecule has 0 atom stereocenters. The van der Waals surface area contributed by atoms with Crippen molar-refractivity contribution in [2.45, 2.75) is 13.0 Å². The number of alkyl halides is 2. The van der Waals surface area contributed by atoms with Crippen molar-refractivity contribution in [1.29, 1.82) is 0 Å². The Morgan fingerprint density at radius 3 is 2.68 bits per heavy atom. The molecule has 0 radical (unpaired) electrons. The Kier molecular flexibility index (Phi) is 4.70. The Balaban J connectivity index is 1.43. The Morgan fingerprint density at radius 2 is 1.96 bits per heavy atom. The van der Waals surface area contributed by atoms with Gasteiger partial charge in [-0.05, 0) is 24.3 Å². The van der Waals surface area contributed by atoms with Crippen molar-refractivity contribution < 1.29 is 17.9 Å². The predicted molar refractivity (Wildman–Crippen MR) is 90.2 cm³/mol. The van der Waals surface area contributed by atoms with Crippen LogP contribution in [0.15, 0.2) is 49.1 Å². The summed E-state index contributed by atoms with van der Waals surface area (Å²) in [4.78, 5) is 8.19. The maximum Gasteiger partial charge on any atom is 0.316 e. The Morgan fingerprint density at radius 1 is 1.14 bits per heavy atom. The number of ether oxygens (including phenoxy) is 1. The molecule has 0 fully saturated rings. The van der Waals surface area contributed by atoms with Crippen LogP contribution in [-0.4, -0.2) is 35.2 Å². The average molecular weight is 387 g/mol. The second-order valence-corrected chi connectivity index (χ2v) is 5.67. The lowest BCUT2D eigenvalue weighted by Gasteiger charge is -2.05. The summed E-state index contributed by atoms with van der Waals surface area (Å²) in [7, 11) is 0. The summed E-state index contributed by atoms with van der Waals surface area (Å²) in [5.74, 6) is -0.974. The molecule has 142 valence electrons. The van der Waals surface area contributed by atoms with Crippen LogP contribution in [0, 0.1) is 5.82 Å². The van der Waals surface area contributed by atoms with E-state index in [1.165, 1.54) is 16.9 Å². The van der Waals surface area contributed by atoms with Crippen molar-refractivity contribution >= 4 is 0 Å². The molecular formula is C17H12F3N7O. The number of H-pyrrole nitrogens is 1. The number of aromatic nitrogens is 7. The first-order valence-corrected chi connectivity index (χ1v) is 8.04. The molecule has 11 heteroatoms. The Labute approximate surface area is 156 Å². The van der Waals surface area contributed by atoms with Gasteiger partial charge < -0.3 is 4.74 Å². The molecule has 0 aliphatic rings. The van der Waals surface area contributed by atoms with E-state index in [-0.39, 0.29) is 18.3 Å². The predicted octanol–water partition coefficient (Wildman–Crippen LogP) is 3.10. The van der Waals surface area contributed by atoms with E-state index in [4.69, 9.17) is 4.74 Å². The molecule has 1 aromatic carbocycles. The fourth-order valence-corrected chi connectivity index (χ4v) is 2.42. The first-order valence-electron chi connectivity index (χ1n) is 8.04. The van der Waals surface area contributed by atoms with Crippen molar-refractivity contribution in [3.63, 3.8) is 0 Å². The first kappa shape index (κ1) is 17.6. The molecule has 0 unspecified atom stereocenters. The largest absolute Gasteiger partial charge is 0.457 e. The third kappa shape index (κ3) is 3.68. The first-order chi connectivity index (χ1) is 13.6. The summed E-state index contributed by atoms with van der Waals surface area (Å²) in [6.45, 7) is 0.0201. The van der Waals surface area contributed by atoms with Crippen molar-refractivity contribution in [3.05, 3.63) is 66.1 Å². The molecule has 4 aromatic rings. The zero-order valence-corrected chi connectivity index (χ0v) is 14.1. The molecule has 3 heterocycles. The van der Waals surface area contributed by atoms with Crippen LogP contribution in [0.1, 0.15) is 17.7 Å². The summed E-state index contributed by atoms with van der Waals surface area (Å²) in [6.07, 6.45) is 3.34. The summed E-state index contributed by atoms with van der Waals surface area (Å²) in [5, 5.41) is 14.4. The lowest BCUT2D eigenvalue weighted by molar-refractivity contribution is 0.146. The summed E-state index contributed by atoms with van der Waals surface area (Å²) in [6, 6.07) is 5.24. The molecule has 4 rings (SSSR count). The van der Waals surface area contributed by atoms with Crippen LogP contribution in [-0.2, 0) is 6.61 Å². The zero-order chi connectivity index (χ0) is 19.5. The molecule has 0 saturated carbocycles. The Hall–Kier alpha value is -3.76. The van der Waals surface area contributed by atoms with Gasteiger partial charge in [0.1, 0.15) is 18.1 Å². The van der Waals surface area contributed by atoms with Gasteiger partial charge in [-0.1, -0.05) is 5.21 Å². The lowest BCUT2D eigenvalue weighted by atomic mass is 10.2. The van der Waals surface area contributed by atoms with E-state index >= 15 is 0 Å². The number of hydrogen-bond acceptors (Lipinski definition) is 6. The fourth-order valence-electron chi connectivity index (χ4n) is 2.42. The van der Waals surface area contributed by atoms with E-state index < -0.39 is 17.8 Å². The molecular weight excluding hydrogens is 375 g/mol. The van der Waals surface area contributed by atoms with Gasteiger partial charge in [-0.15, -0.1) is 5.10 Å². The van der Waals surface area contributed by atoms with E-state index in [0.29, 0.717) is 5.69 Å². The molecule has 0 aliphatic carbocycles. The van der Waals surface area contributed by atoms with Gasteiger partial charge in [0, 0.05) is 24.2 Å². The second kappa shape index (κ2) is 7.47. The summed E-state index contributed by atoms with van der Waals surface area (Å²) in [5.41, 5.74) is 1.51. The minimum atomic E-state index is -2.92. The normalized spacial score (nSPS) is 11.1. The van der Waals surface area contributed by atoms with E-state index in [9.17, 15) is 13.2 Å².